The van der Waals surface area contributed by atoms with Gasteiger partial charge in [-0.25, -0.2) is 13.1 Å². The Labute approximate surface area is 139 Å². The average Bonchev–Trinajstić information content (AvgIpc) is 2.59. The zero-order valence-corrected chi connectivity index (χ0v) is 13.5. The Kier molecular flexibility index (Phi) is 5.63. The second-order valence-electron chi connectivity index (χ2n) is 5.13. The van der Waals surface area contributed by atoms with E-state index in [1.54, 1.807) is 36.4 Å². The van der Waals surface area contributed by atoms with E-state index >= 15 is 0 Å². The number of aryl methyl sites for hydroxylation is 1. The summed E-state index contributed by atoms with van der Waals surface area (Å²) < 4.78 is 26.5. The van der Waals surface area contributed by atoms with Gasteiger partial charge in [0.15, 0.2) is 0 Å². The van der Waals surface area contributed by atoms with Gasteiger partial charge in [-0.2, -0.15) is 5.26 Å². The zero-order valence-electron chi connectivity index (χ0n) is 12.7. The number of benzene rings is 2. The maximum absolute atomic E-state index is 12.0. The molecule has 7 nitrogen and oxygen atoms in total. The molecule has 0 saturated heterocycles. The van der Waals surface area contributed by atoms with Gasteiger partial charge in [0.25, 0.3) is 5.69 Å². The molecule has 124 valence electrons. The van der Waals surface area contributed by atoms with Crippen LogP contribution in [0.4, 0.5) is 5.69 Å². The van der Waals surface area contributed by atoms with Crippen molar-refractivity contribution in [1.29, 1.82) is 5.26 Å². The molecule has 0 saturated carbocycles. The van der Waals surface area contributed by atoms with E-state index in [-0.39, 0.29) is 24.4 Å². The molecule has 0 bridgehead atoms. The maximum atomic E-state index is 12.0. The van der Waals surface area contributed by atoms with Crippen LogP contribution in [0.3, 0.4) is 0 Å². The van der Waals surface area contributed by atoms with E-state index in [4.69, 9.17) is 5.26 Å². The predicted octanol–water partition coefficient (Wildman–Crippen LogP) is 2.13. The van der Waals surface area contributed by atoms with Gasteiger partial charge < -0.3 is 0 Å². The molecule has 0 aliphatic rings. The van der Waals surface area contributed by atoms with Crippen LogP contribution in [0.1, 0.15) is 16.7 Å². The first-order chi connectivity index (χ1) is 11.4. The van der Waals surface area contributed by atoms with Crippen molar-refractivity contribution in [1.82, 2.24) is 4.72 Å². The number of hydrogen-bond donors (Lipinski definition) is 1. The van der Waals surface area contributed by atoms with Gasteiger partial charge in [-0.15, -0.1) is 0 Å². The molecule has 2 rings (SSSR count). The Hall–Kier alpha value is -2.76. The molecule has 0 aromatic heterocycles. The van der Waals surface area contributed by atoms with Crippen LogP contribution in [0.2, 0.25) is 0 Å². The Balaban J connectivity index is 1.91. The van der Waals surface area contributed by atoms with Crippen LogP contribution in [0.25, 0.3) is 0 Å². The second-order valence-corrected chi connectivity index (χ2v) is 7.05. The average molecular weight is 345 g/mol. The quantitative estimate of drug-likeness (QED) is 0.610. The number of sulfonamides is 1. The molecular weight excluding hydrogens is 330 g/mol. The summed E-state index contributed by atoms with van der Waals surface area (Å²) in [6.45, 7) is 0.109. The molecular formula is C16H15N3O4S. The third-order valence-corrected chi connectivity index (χ3v) is 4.68. The first kappa shape index (κ1) is 17.6. The molecule has 0 spiro atoms. The molecule has 2 aromatic rings. The lowest BCUT2D eigenvalue weighted by molar-refractivity contribution is -0.384. The van der Waals surface area contributed by atoms with Gasteiger partial charge in [0.1, 0.15) is 0 Å². The third kappa shape index (κ3) is 5.15. The van der Waals surface area contributed by atoms with Crippen molar-refractivity contribution in [2.75, 3.05) is 5.75 Å². The van der Waals surface area contributed by atoms with Gasteiger partial charge in [-0.05, 0) is 29.7 Å². The van der Waals surface area contributed by atoms with Gasteiger partial charge in [0, 0.05) is 18.7 Å². The lowest BCUT2D eigenvalue weighted by atomic mass is 10.1. The molecule has 8 heteroatoms. The predicted molar refractivity (Wildman–Crippen MR) is 88.6 cm³/mol. The summed E-state index contributed by atoms with van der Waals surface area (Å²) in [4.78, 5) is 10.1. The molecule has 0 unspecified atom stereocenters. The fraction of sp³-hybridized carbons (Fsp3) is 0.188. The van der Waals surface area contributed by atoms with Crippen LogP contribution in [0, 0.1) is 21.4 Å². The highest BCUT2D eigenvalue weighted by Crippen LogP contribution is 2.12. The molecule has 24 heavy (non-hydrogen) atoms. The second kappa shape index (κ2) is 7.68. The van der Waals surface area contributed by atoms with Crippen molar-refractivity contribution < 1.29 is 13.3 Å². The minimum Gasteiger partial charge on any atom is -0.258 e. The van der Waals surface area contributed by atoms with E-state index in [9.17, 15) is 18.5 Å². The van der Waals surface area contributed by atoms with Crippen LogP contribution < -0.4 is 4.72 Å². The summed E-state index contributed by atoms with van der Waals surface area (Å²) in [6, 6.07) is 14.5. The SMILES string of the molecule is N#Cc1cccc(CNS(=O)(=O)CCc2ccc([N+](=O)[O-])cc2)c1. The van der Waals surface area contributed by atoms with Gasteiger partial charge >= 0.3 is 0 Å². The van der Waals surface area contributed by atoms with E-state index in [1.807, 2.05) is 6.07 Å². The maximum Gasteiger partial charge on any atom is 0.269 e. The summed E-state index contributed by atoms with van der Waals surface area (Å²) >= 11 is 0. The summed E-state index contributed by atoms with van der Waals surface area (Å²) in [6.07, 6.45) is 0.256. The molecule has 0 aliphatic carbocycles. The monoisotopic (exact) mass is 345 g/mol. The summed E-state index contributed by atoms with van der Waals surface area (Å²) in [5, 5.41) is 19.4. The minimum atomic E-state index is -3.49. The van der Waals surface area contributed by atoms with Crippen molar-refractivity contribution in [3.63, 3.8) is 0 Å². The number of nitriles is 1. The van der Waals surface area contributed by atoms with Crippen molar-refractivity contribution in [3.05, 3.63) is 75.3 Å². The topological polar surface area (TPSA) is 113 Å². The first-order valence-electron chi connectivity index (χ1n) is 7.09. The Bertz CT molecular complexity index is 871. The van der Waals surface area contributed by atoms with Gasteiger partial charge in [-0.1, -0.05) is 24.3 Å². The highest BCUT2D eigenvalue weighted by atomic mass is 32.2. The summed E-state index contributed by atoms with van der Waals surface area (Å²) in [5.41, 5.74) is 1.85. The van der Waals surface area contributed by atoms with Crippen molar-refractivity contribution in [2.45, 2.75) is 13.0 Å². The number of nitro benzene ring substituents is 1. The normalized spacial score (nSPS) is 11.0. The van der Waals surface area contributed by atoms with E-state index in [1.165, 1.54) is 12.1 Å². The van der Waals surface area contributed by atoms with E-state index in [0.29, 0.717) is 16.7 Å². The van der Waals surface area contributed by atoms with Crippen molar-refractivity contribution in [3.8, 4) is 6.07 Å². The molecule has 0 radical (unpaired) electrons. The standard InChI is InChI=1S/C16H15N3O4S/c17-11-14-2-1-3-15(10-14)12-18-24(22,23)9-8-13-4-6-16(7-5-13)19(20)21/h1-7,10,18H,8-9,12H2. The largest absolute Gasteiger partial charge is 0.269 e. The summed E-state index contributed by atoms with van der Waals surface area (Å²) in [7, 11) is -3.49. The summed E-state index contributed by atoms with van der Waals surface area (Å²) in [5.74, 6) is -0.122. The van der Waals surface area contributed by atoms with Gasteiger partial charge in [-0.3, -0.25) is 10.1 Å². The zero-order chi connectivity index (χ0) is 17.6. The lowest BCUT2D eigenvalue weighted by Gasteiger charge is -2.07. The van der Waals surface area contributed by atoms with Crippen LogP contribution in [-0.4, -0.2) is 19.1 Å². The number of nitrogens with zero attached hydrogens (tertiary/aromatic N) is 2. The van der Waals surface area contributed by atoms with Gasteiger partial charge in [0.2, 0.25) is 10.0 Å². The fourth-order valence-electron chi connectivity index (χ4n) is 2.05. The van der Waals surface area contributed by atoms with Crippen molar-refractivity contribution >= 4 is 15.7 Å². The van der Waals surface area contributed by atoms with E-state index < -0.39 is 14.9 Å². The lowest BCUT2D eigenvalue weighted by Crippen LogP contribution is -2.26. The van der Waals surface area contributed by atoms with E-state index in [0.717, 1.165) is 0 Å². The van der Waals surface area contributed by atoms with Gasteiger partial charge in [0.05, 0.1) is 22.3 Å². The van der Waals surface area contributed by atoms with Crippen LogP contribution in [0.15, 0.2) is 48.5 Å². The molecule has 0 heterocycles. The number of nitrogens with one attached hydrogen (secondary N) is 1. The fourth-order valence-corrected chi connectivity index (χ4v) is 3.09. The highest BCUT2D eigenvalue weighted by Gasteiger charge is 2.11. The van der Waals surface area contributed by atoms with Crippen LogP contribution in [0.5, 0.6) is 0 Å². The Morgan fingerprint density at radius 3 is 2.46 bits per heavy atom. The number of nitro groups is 1. The number of non-ortho nitro benzene ring substituents is 1. The third-order valence-electron chi connectivity index (χ3n) is 3.36. The molecule has 0 aliphatic heterocycles. The Morgan fingerprint density at radius 2 is 1.83 bits per heavy atom. The Morgan fingerprint density at radius 1 is 1.12 bits per heavy atom. The molecule has 0 fully saturated rings. The van der Waals surface area contributed by atoms with Crippen molar-refractivity contribution in [2.24, 2.45) is 0 Å². The number of rotatable bonds is 7. The minimum absolute atomic E-state index is 0.0305. The van der Waals surface area contributed by atoms with E-state index in [2.05, 4.69) is 4.72 Å². The van der Waals surface area contributed by atoms with Crippen LogP contribution >= 0.6 is 0 Å². The number of hydrogen-bond acceptors (Lipinski definition) is 5. The first-order valence-corrected chi connectivity index (χ1v) is 8.74. The molecule has 0 atom stereocenters. The smallest absolute Gasteiger partial charge is 0.258 e. The molecule has 2 aromatic carbocycles. The molecule has 0 amide bonds. The van der Waals surface area contributed by atoms with Crippen LogP contribution in [-0.2, 0) is 23.0 Å². The molecule has 1 N–H and O–H groups in total. The highest BCUT2D eigenvalue weighted by molar-refractivity contribution is 7.89.